The molecule has 0 fully saturated rings. The lowest BCUT2D eigenvalue weighted by molar-refractivity contribution is -0.136. The fourth-order valence-electron chi connectivity index (χ4n) is 0.531. The van der Waals surface area contributed by atoms with Gasteiger partial charge in [-0.2, -0.15) is 0 Å². The molecule has 1 aromatic heterocycles. The third-order valence-electron chi connectivity index (χ3n) is 0.997. The molecule has 1 rings (SSSR count). The minimum Gasteiger partial charge on any atom is -0.481 e. The summed E-state index contributed by atoms with van der Waals surface area (Å²) in [5.41, 5.74) is 0. The van der Waals surface area contributed by atoms with E-state index in [0.717, 1.165) is 8.94 Å². The van der Waals surface area contributed by atoms with Gasteiger partial charge in [0.1, 0.15) is 4.60 Å². The van der Waals surface area contributed by atoms with Crippen molar-refractivity contribution < 1.29 is 9.90 Å². The van der Waals surface area contributed by atoms with E-state index < -0.39 is 5.97 Å². The van der Waals surface area contributed by atoms with Crippen molar-refractivity contribution in [2.75, 3.05) is 5.75 Å². The average molecular weight is 268 g/mol. The summed E-state index contributed by atoms with van der Waals surface area (Å²) in [5, 5.41) is 10.2. The van der Waals surface area contributed by atoms with Gasteiger partial charge in [-0.1, -0.05) is 11.8 Å². The number of rotatable bonds is 4. The molecule has 12 heavy (non-hydrogen) atoms. The van der Waals surface area contributed by atoms with E-state index in [4.69, 9.17) is 5.11 Å². The molecular formula is C6H6BrNO2S2. The van der Waals surface area contributed by atoms with Gasteiger partial charge in [-0.3, -0.25) is 4.79 Å². The molecule has 0 aliphatic rings. The second-order valence-corrected chi connectivity index (χ2v) is 4.94. The molecule has 0 atom stereocenters. The first-order valence-electron chi connectivity index (χ1n) is 3.14. The van der Waals surface area contributed by atoms with Gasteiger partial charge < -0.3 is 5.11 Å². The average Bonchev–Trinajstić information content (AvgIpc) is 2.35. The van der Waals surface area contributed by atoms with E-state index in [1.54, 1.807) is 0 Å². The lowest BCUT2D eigenvalue weighted by atomic mass is 10.5. The largest absolute Gasteiger partial charge is 0.481 e. The molecular weight excluding hydrogens is 262 g/mol. The van der Waals surface area contributed by atoms with Crippen LogP contribution < -0.4 is 0 Å². The van der Waals surface area contributed by atoms with E-state index in [1.165, 1.54) is 23.1 Å². The van der Waals surface area contributed by atoms with Gasteiger partial charge in [0.05, 0.1) is 6.42 Å². The van der Waals surface area contributed by atoms with Crippen molar-refractivity contribution in [3.05, 3.63) is 9.98 Å². The van der Waals surface area contributed by atoms with Gasteiger partial charge in [-0.25, -0.2) is 4.98 Å². The number of halogens is 1. The number of aliphatic carboxylic acids is 1. The van der Waals surface area contributed by atoms with Crippen LogP contribution in [-0.2, 0) is 4.79 Å². The van der Waals surface area contributed by atoms with Gasteiger partial charge in [-0.15, -0.1) is 11.3 Å². The molecule has 0 aliphatic carbocycles. The van der Waals surface area contributed by atoms with Crippen LogP contribution in [0.25, 0.3) is 0 Å². The predicted molar refractivity (Wildman–Crippen MR) is 52.8 cm³/mol. The number of thiazole rings is 1. The maximum absolute atomic E-state index is 10.2. The van der Waals surface area contributed by atoms with E-state index in [0.29, 0.717) is 5.75 Å². The summed E-state index contributed by atoms with van der Waals surface area (Å²) in [6.07, 6.45) is 0.182. The maximum atomic E-state index is 10.2. The van der Waals surface area contributed by atoms with Crippen LogP contribution in [0.15, 0.2) is 14.3 Å². The first-order valence-corrected chi connectivity index (χ1v) is 5.80. The molecule has 6 heteroatoms. The zero-order valence-corrected chi connectivity index (χ0v) is 9.21. The van der Waals surface area contributed by atoms with Crippen molar-refractivity contribution in [2.45, 2.75) is 10.8 Å². The van der Waals surface area contributed by atoms with E-state index in [1.807, 2.05) is 5.38 Å². The fraction of sp³-hybridized carbons (Fsp3) is 0.333. The highest BCUT2D eigenvalue weighted by Gasteiger charge is 2.01. The second kappa shape index (κ2) is 4.84. The molecule has 3 nitrogen and oxygen atoms in total. The minimum absolute atomic E-state index is 0.182. The van der Waals surface area contributed by atoms with Crippen molar-refractivity contribution in [3.63, 3.8) is 0 Å². The zero-order chi connectivity index (χ0) is 8.97. The number of thioether (sulfide) groups is 1. The second-order valence-electron chi connectivity index (χ2n) is 1.93. The summed E-state index contributed by atoms with van der Waals surface area (Å²) >= 11 is 6.20. The highest BCUT2D eigenvalue weighted by molar-refractivity contribution is 9.10. The molecule has 0 aliphatic heterocycles. The first-order chi connectivity index (χ1) is 5.68. The van der Waals surface area contributed by atoms with Crippen molar-refractivity contribution >= 4 is 45.0 Å². The van der Waals surface area contributed by atoms with Crippen LogP contribution in [0.4, 0.5) is 0 Å². The first kappa shape index (κ1) is 10.0. The number of carboxylic acids is 1. The van der Waals surface area contributed by atoms with Crippen LogP contribution >= 0.6 is 39.0 Å². The molecule has 0 unspecified atom stereocenters. The Kier molecular flexibility index (Phi) is 4.03. The molecule has 1 aromatic rings. The zero-order valence-electron chi connectivity index (χ0n) is 5.99. The summed E-state index contributed by atoms with van der Waals surface area (Å²) in [4.78, 5) is 14.3. The SMILES string of the molecule is O=C(O)CCSc1nc(Br)cs1. The molecule has 0 saturated carbocycles. The van der Waals surface area contributed by atoms with Crippen LogP contribution in [0.5, 0.6) is 0 Å². The van der Waals surface area contributed by atoms with Gasteiger partial charge in [0.15, 0.2) is 4.34 Å². The lowest BCUT2D eigenvalue weighted by Crippen LogP contribution is -1.95. The Hall–Kier alpha value is -0.0700. The summed E-state index contributed by atoms with van der Waals surface area (Å²) in [5.74, 6) is -0.187. The molecule has 0 bridgehead atoms. The minimum atomic E-state index is -0.766. The Morgan fingerprint density at radius 2 is 2.58 bits per heavy atom. The van der Waals surface area contributed by atoms with Gasteiger partial charge in [0, 0.05) is 11.1 Å². The Balaban J connectivity index is 2.29. The summed E-state index contributed by atoms with van der Waals surface area (Å²) in [6, 6.07) is 0. The molecule has 1 N–H and O–H groups in total. The molecule has 66 valence electrons. The number of nitrogens with zero attached hydrogens (tertiary/aromatic N) is 1. The molecule has 0 radical (unpaired) electrons. The van der Waals surface area contributed by atoms with Crippen LogP contribution in [0.3, 0.4) is 0 Å². The van der Waals surface area contributed by atoms with Gasteiger partial charge in [-0.05, 0) is 15.9 Å². The van der Waals surface area contributed by atoms with Crippen molar-refractivity contribution in [1.29, 1.82) is 0 Å². The normalized spacial score (nSPS) is 10.1. The van der Waals surface area contributed by atoms with Gasteiger partial charge >= 0.3 is 5.97 Å². The van der Waals surface area contributed by atoms with Gasteiger partial charge in [0.2, 0.25) is 0 Å². The quantitative estimate of drug-likeness (QED) is 0.852. The van der Waals surface area contributed by atoms with Crippen LogP contribution in [-0.4, -0.2) is 21.8 Å². The summed E-state index contributed by atoms with van der Waals surface area (Å²) in [7, 11) is 0. The Morgan fingerprint density at radius 1 is 1.83 bits per heavy atom. The monoisotopic (exact) mass is 267 g/mol. The summed E-state index contributed by atoms with van der Waals surface area (Å²) < 4.78 is 1.72. The Bertz CT molecular complexity index is 276. The van der Waals surface area contributed by atoms with E-state index in [9.17, 15) is 4.79 Å². The third kappa shape index (κ3) is 3.55. The Labute approximate surface area is 86.3 Å². The van der Waals surface area contributed by atoms with Crippen molar-refractivity contribution in [3.8, 4) is 0 Å². The number of carboxylic acid groups (broad SMARTS) is 1. The van der Waals surface area contributed by atoms with E-state index in [-0.39, 0.29) is 6.42 Å². The van der Waals surface area contributed by atoms with Crippen LogP contribution in [0.1, 0.15) is 6.42 Å². The van der Waals surface area contributed by atoms with E-state index in [2.05, 4.69) is 20.9 Å². The highest BCUT2D eigenvalue weighted by Crippen LogP contribution is 2.25. The number of hydrogen-bond donors (Lipinski definition) is 1. The van der Waals surface area contributed by atoms with Gasteiger partial charge in [0.25, 0.3) is 0 Å². The molecule has 0 amide bonds. The maximum Gasteiger partial charge on any atom is 0.304 e. The summed E-state index contributed by atoms with van der Waals surface area (Å²) in [6.45, 7) is 0. The molecule has 0 saturated heterocycles. The fourth-order valence-corrected chi connectivity index (χ4v) is 2.91. The standard InChI is InChI=1S/C6H6BrNO2S2/c7-4-3-12-6(8-4)11-2-1-5(9)10/h3H,1-2H2,(H,9,10). The smallest absolute Gasteiger partial charge is 0.304 e. The molecule has 0 aromatic carbocycles. The van der Waals surface area contributed by atoms with Crippen molar-refractivity contribution in [1.82, 2.24) is 4.98 Å². The van der Waals surface area contributed by atoms with E-state index >= 15 is 0 Å². The van der Waals surface area contributed by atoms with Crippen LogP contribution in [0, 0.1) is 0 Å². The third-order valence-corrected chi connectivity index (χ3v) is 3.73. The predicted octanol–water partition coefficient (Wildman–Crippen LogP) is 2.47. The van der Waals surface area contributed by atoms with Crippen molar-refractivity contribution in [2.24, 2.45) is 0 Å². The topological polar surface area (TPSA) is 50.2 Å². The number of carbonyl (C=O) groups is 1. The molecule has 1 heterocycles. The van der Waals surface area contributed by atoms with Crippen LogP contribution in [0.2, 0.25) is 0 Å². The highest BCUT2D eigenvalue weighted by atomic mass is 79.9. The number of hydrogen-bond acceptors (Lipinski definition) is 4. The lowest BCUT2D eigenvalue weighted by Gasteiger charge is -1.91. The Morgan fingerprint density at radius 3 is 3.08 bits per heavy atom. The molecule has 0 spiro atoms. The number of aromatic nitrogens is 1.